The van der Waals surface area contributed by atoms with Crippen LogP contribution in [0.15, 0.2) is 54.9 Å². The van der Waals surface area contributed by atoms with E-state index in [4.69, 9.17) is 0 Å². The molecule has 6 heteroatoms. The second-order valence-electron chi connectivity index (χ2n) is 7.56. The molecule has 146 valence electrons. The van der Waals surface area contributed by atoms with Crippen molar-refractivity contribution in [2.75, 3.05) is 11.9 Å². The number of nitrogens with zero attached hydrogens (tertiary/aromatic N) is 2. The maximum Gasteiger partial charge on any atom is 0.252 e. The van der Waals surface area contributed by atoms with Crippen LogP contribution in [0.2, 0.25) is 0 Å². The fourth-order valence-electron chi connectivity index (χ4n) is 4.46. The van der Waals surface area contributed by atoms with Gasteiger partial charge in [0.2, 0.25) is 0 Å². The van der Waals surface area contributed by atoms with Crippen LogP contribution in [-0.4, -0.2) is 27.6 Å². The average molecular weight is 385 g/mol. The second kappa shape index (κ2) is 7.20. The molecular weight excluding hydrogens is 362 g/mol. The third-order valence-electron chi connectivity index (χ3n) is 5.77. The van der Waals surface area contributed by atoms with Gasteiger partial charge in [0.05, 0.1) is 12.0 Å². The summed E-state index contributed by atoms with van der Waals surface area (Å²) >= 11 is 0. The Kier molecular flexibility index (Phi) is 4.39. The molecule has 0 saturated heterocycles. The van der Waals surface area contributed by atoms with Crippen molar-refractivity contribution in [3.63, 3.8) is 0 Å². The van der Waals surface area contributed by atoms with E-state index >= 15 is 0 Å². The maximum atomic E-state index is 12.6. The lowest BCUT2D eigenvalue weighted by molar-refractivity contribution is 0.0958. The number of aromatic nitrogens is 3. The highest BCUT2D eigenvalue weighted by Crippen LogP contribution is 2.49. The van der Waals surface area contributed by atoms with Crippen LogP contribution in [0.1, 0.15) is 58.2 Å². The van der Waals surface area contributed by atoms with Gasteiger partial charge in [-0.1, -0.05) is 49.8 Å². The fourth-order valence-corrected chi connectivity index (χ4v) is 4.46. The van der Waals surface area contributed by atoms with Crippen molar-refractivity contribution in [3.8, 4) is 0 Å². The first-order chi connectivity index (χ1) is 14.3. The molecule has 1 amide bonds. The monoisotopic (exact) mass is 385 g/mol. The highest BCUT2D eigenvalue weighted by molar-refractivity contribution is 6.04. The Hall–Kier alpha value is -3.41. The Bertz CT molecular complexity index is 1070. The lowest BCUT2D eigenvalue weighted by atomic mass is 9.77. The zero-order valence-electron chi connectivity index (χ0n) is 16.3. The Morgan fingerprint density at radius 1 is 1.14 bits per heavy atom. The molecule has 5 rings (SSSR count). The number of nitrogens with one attached hydrogen (secondary N) is 3. The number of hydrogen-bond donors (Lipinski definition) is 3. The summed E-state index contributed by atoms with van der Waals surface area (Å²) in [5, 5.41) is 13.8. The van der Waals surface area contributed by atoms with E-state index in [1.807, 2.05) is 18.2 Å². The van der Waals surface area contributed by atoms with Crippen LogP contribution in [0.4, 0.5) is 5.69 Å². The summed E-state index contributed by atoms with van der Waals surface area (Å²) in [6.45, 7) is 2.69. The van der Waals surface area contributed by atoms with Gasteiger partial charge in [0.1, 0.15) is 12.2 Å². The maximum absolute atomic E-state index is 12.6. The third kappa shape index (κ3) is 3.01. The van der Waals surface area contributed by atoms with E-state index in [1.165, 1.54) is 11.1 Å². The molecule has 2 aliphatic heterocycles. The largest absolute Gasteiger partial charge is 0.377 e. The van der Waals surface area contributed by atoms with Crippen LogP contribution in [0.25, 0.3) is 5.57 Å². The van der Waals surface area contributed by atoms with E-state index < -0.39 is 0 Å². The molecule has 6 nitrogen and oxygen atoms in total. The molecule has 0 radical (unpaired) electrons. The SMILES string of the molecule is CCCc1ccc(C2Nc3cccc4c3C(=CCNC4=O)C2c2ncn[nH]2)cc1. The molecule has 2 aromatic carbocycles. The zero-order chi connectivity index (χ0) is 19.8. The first-order valence-electron chi connectivity index (χ1n) is 10.1. The quantitative estimate of drug-likeness (QED) is 0.637. The Labute approximate surface area is 169 Å². The summed E-state index contributed by atoms with van der Waals surface area (Å²) in [4.78, 5) is 17.1. The first kappa shape index (κ1) is 17.7. The predicted octanol–water partition coefficient (Wildman–Crippen LogP) is 3.83. The standard InChI is InChI=1S/C23H23N5O/c1-2-4-14-7-9-15(10-8-14)21-20(22-25-13-26-28-22)16-11-12-24-23(29)17-5-3-6-18(27-21)19(16)17/h3,5-11,13,20-21,27H,2,4,12H2,1H3,(H,24,29)(H,25,26,28). The number of rotatable bonds is 4. The van der Waals surface area contributed by atoms with Crippen molar-refractivity contribution in [1.29, 1.82) is 0 Å². The van der Waals surface area contributed by atoms with E-state index in [0.717, 1.165) is 35.5 Å². The number of benzene rings is 2. The molecule has 3 heterocycles. The molecule has 0 saturated carbocycles. The van der Waals surface area contributed by atoms with Crippen molar-refractivity contribution < 1.29 is 4.79 Å². The van der Waals surface area contributed by atoms with Gasteiger partial charge in [0.15, 0.2) is 0 Å². The van der Waals surface area contributed by atoms with Crippen molar-refractivity contribution in [2.24, 2.45) is 0 Å². The number of carbonyl (C=O) groups is 1. The highest BCUT2D eigenvalue weighted by atomic mass is 16.1. The molecule has 2 unspecified atom stereocenters. The predicted molar refractivity (Wildman–Crippen MR) is 113 cm³/mol. The molecule has 2 aliphatic rings. The Balaban J connectivity index is 1.67. The van der Waals surface area contributed by atoms with Gasteiger partial charge in [-0.25, -0.2) is 4.98 Å². The molecule has 2 atom stereocenters. The topological polar surface area (TPSA) is 82.7 Å². The molecule has 0 aliphatic carbocycles. The number of carbonyl (C=O) groups excluding carboxylic acids is 1. The van der Waals surface area contributed by atoms with E-state index in [2.05, 4.69) is 63.1 Å². The molecule has 0 spiro atoms. The van der Waals surface area contributed by atoms with Crippen LogP contribution in [-0.2, 0) is 6.42 Å². The summed E-state index contributed by atoms with van der Waals surface area (Å²) in [6.07, 6.45) is 5.86. The smallest absolute Gasteiger partial charge is 0.252 e. The molecule has 29 heavy (non-hydrogen) atoms. The molecule has 3 N–H and O–H groups in total. The summed E-state index contributed by atoms with van der Waals surface area (Å²) in [6, 6.07) is 14.6. The summed E-state index contributed by atoms with van der Waals surface area (Å²) in [7, 11) is 0. The average Bonchev–Trinajstić information content (AvgIpc) is 3.22. The van der Waals surface area contributed by atoms with Crippen LogP contribution in [0.5, 0.6) is 0 Å². The van der Waals surface area contributed by atoms with Crippen molar-refractivity contribution in [3.05, 3.63) is 82.9 Å². The number of amides is 1. The Morgan fingerprint density at radius 2 is 2.00 bits per heavy atom. The minimum Gasteiger partial charge on any atom is -0.377 e. The van der Waals surface area contributed by atoms with Crippen molar-refractivity contribution in [2.45, 2.75) is 31.7 Å². The van der Waals surface area contributed by atoms with Gasteiger partial charge >= 0.3 is 0 Å². The van der Waals surface area contributed by atoms with Gasteiger partial charge in [-0.3, -0.25) is 9.89 Å². The van der Waals surface area contributed by atoms with Gasteiger partial charge in [-0.15, -0.1) is 0 Å². The third-order valence-corrected chi connectivity index (χ3v) is 5.77. The van der Waals surface area contributed by atoms with Gasteiger partial charge < -0.3 is 10.6 Å². The molecule has 1 aromatic heterocycles. The minimum absolute atomic E-state index is 0.0131. The lowest BCUT2D eigenvalue weighted by Crippen LogP contribution is -2.28. The van der Waals surface area contributed by atoms with Gasteiger partial charge in [-0.05, 0) is 35.3 Å². The summed E-state index contributed by atoms with van der Waals surface area (Å²) in [5.74, 6) is 0.672. The first-order valence-corrected chi connectivity index (χ1v) is 10.1. The number of hydrogen-bond acceptors (Lipinski definition) is 4. The van der Waals surface area contributed by atoms with E-state index in [-0.39, 0.29) is 17.9 Å². The summed E-state index contributed by atoms with van der Waals surface area (Å²) in [5.41, 5.74) is 6.26. The molecule has 3 aromatic rings. The van der Waals surface area contributed by atoms with Crippen molar-refractivity contribution >= 4 is 17.2 Å². The van der Waals surface area contributed by atoms with Gasteiger partial charge in [0, 0.05) is 23.4 Å². The van der Waals surface area contributed by atoms with Crippen LogP contribution >= 0.6 is 0 Å². The number of H-pyrrole nitrogens is 1. The fraction of sp³-hybridized carbons (Fsp3) is 0.261. The van der Waals surface area contributed by atoms with E-state index in [1.54, 1.807) is 6.33 Å². The van der Waals surface area contributed by atoms with Crippen LogP contribution in [0.3, 0.4) is 0 Å². The zero-order valence-corrected chi connectivity index (χ0v) is 16.3. The van der Waals surface area contributed by atoms with E-state index in [0.29, 0.717) is 12.1 Å². The minimum atomic E-state index is -0.0733. The van der Waals surface area contributed by atoms with Crippen molar-refractivity contribution in [1.82, 2.24) is 20.5 Å². The lowest BCUT2D eigenvalue weighted by Gasteiger charge is -2.36. The number of anilines is 1. The molecule has 0 bridgehead atoms. The van der Waals surface area contributed by atoms with E-state index in [9.17, 15) is 4.79 Å². The number of aryl methyl sites for hydroxylation is 1. The van der Waals surface area contributed by atoms with Crippen LogP contribution in [0, 0.1) is 0 Å². The number of aromatic amines is 1. The van der Waals surface area contributed by atoms with Gasteiger partial charge in [0.25, 0.3) is 5.91 Å². The molecule has 0 fully saturated rings. The molecular formula is C23H23N5O. The van der Waals surface area contributed by atoms with Gasteiger partial charge in [-0.2, -0.15) is 5.10 Å². The van der Waals surface area contributed by atoms with Crippen LogP contribution < -0.4 is 10.6 Å². The normalized spacial score (nSPS) is 20.2. The highest BCUT2D eigenvalue weighted by Gasteiger charge is 2.38. The Morgan fingerprint density at radius 3 is 2.76 bits per heavy atom. The second-order valence-corrected chi connectivity index (χ2v) is 7.56. The summed E-state index contributed by atoms with van der Waals surface area (Å²) < 4.78 is 0.